The Labute approximate surface area is 190 Å². The van der Waals surface area contributed by atoms with Gasteiger partial charge in [0.2, 0.25) is 0 Å². The van der Waals surface area contributed by atoms with Crippen molar-refractivity contribution in [3.05, 3.63) is 66.6 Å². The molecular formula is C24H24N6O3. The second-order valence-electron chi connectivity index (χ2n) is 7.86. The lowest BCUT2D eigenvalue weighted by atomic mass is 10.1. The Hall–Kier alpha value is -3.82. The van der Waals surface area contributed by atoms with Gasteiger partial charge in [0.05, 0.1) is 48.6 Å². The van der Waals surface area contributed by atoms with E-state index in [1.807, 2.05) is 12.3 Å². The number of aromatic nitrogens is 4. The quantitative estimate of drug-likeness (QED) is 0.448. The molecule has 33 heavy (non-hydrogen) atoms. The van der Waals surface area contributed by atoms with Crippen molar-refractivity contribution in [1.29, 1.82) is 0 Å². The van der Waals surface area contributed by atoms with Crippen LogP contribution in [0.4, 0.5) is 5.69 Å². The van der Waals surface area contributed by atoms with Crippen molar-refractivity contribution in [3.63, 3.8) is 0 Å². The lowest BCUT2D eigenvalue weighted by Gasteiger charge is -2.26. The summed E-state index contributed by atoms with van der Waals surface area (Å²) in [6, 6.07) is 12.7. The minimum atomic E-state index is -0.959. The van der Waals surface area contributed by atoms with Crippen LogP contribution in [0.2, 0.25) is 0 Å². The molecule has 1 aliphatic rings. The van der Waals surface area contributed by atoms with Gasteiger partial charge in [-0.05, 0) is 30.3 Å². The Morgan fingerprint density at radius 2 is 1.88 bits per heavy atom. The number of carboxylic acids is 1. The summed E-state index contributed by atoms with van der Waals surface area (Å²) < 4.78 is 7.17. The molecule has 9 heteroatoms. The molecule has 0 amide bonds. The van der Waals surface area contributed by atoms with Gasteiger partial charge >= 0.3 is 5.97 Å². The van der Waals surface area contributed by atoms with Gasteiger partial charge in [0.1, 0.15) is 0 Å². The number of aromatic carboxylic acids is 1. The number of nitrogens with zero attached hydrogens (tertiary/aromatic N) is 5. The Morgan fingerprint density at radius 3 is 2.67 bits per heavy atom. The third-order valence-corrected chi connectivity index (χ3v) is 5.70. The number of carboxylic acid groups (broad SMARTS) is 1. The fourth-order valence-corrected chi connectivity index (χ4v) is 3.87. The topological polar surface area (TPSA) is 105 Å². The second-order valence-corrected chi connectivity index (χ2v) is 7.86. The van der Waals surface area contributed by atoms with Gasteiger partial charge in [0, 0.05) is 42.8 Å². The van der Waals surface area contributed by atoms with Gasteiger partial charge in [0.15, 0.2) is 5.82 Å². The van der Waals surface area contributed by atoms with E-state index in [-0.39, 0.29) is 5.56 Å². The number of morpholine rings is 1. The molecule has 0 radical (unpaired) electrons. The zero-order chi connectivity index (χ0) is 22.6. The van der Waals surface area contributed by atoms with E-state index in [1.54, 1.807) is 41.3 Å². The number of hydrogen-bond acceptors (Lipinski definition) is 7. The number of anilines is 1. The molecule has 0 atom stereocenters. The summed E-state index contributed by atoms with van der Waals surface area (Å²) in [6.45, 7) is 5.36. The molecule has 0 saturated carbocycles. The van der Waals surface area contributed by atoms with Gasteiger partial charge in [-0.1, -0.05) is 12.1 Å². The fraction of sp³-hybridized carbons (Fsp3) is 0.250. The Bertz CT molecular complexity index is 1260. The molecule has 168 valence electrons. The van der Waals surface area contributed by atoms with Gasteiger partial charge in [0.25, 0.3) is 0 Å². The van der Waals surface area contributed by atoms with Crippen LogP contribution in [0.5, 0.6) is 0 Å². The molecule has 2 aromatic carbocycles. The molecule has 1 saturated heterocycles. The monoisotopic (exact) mass is 444 g/mol. The van der Waals surface area contributed by atoms with Crippen LogP contribution in [0, 0.1) is 0 Å². The summed E-state index contributed by atoms with van der Waals surface area (Å²) in [5.74, 6) is -0.367. The molecule has 3 heterocycles. The molecule has 9 nitrogen and oxygen atoms in total. The van der Waals surface area contributed by atoms with Gasteiger partial charge < -0.3 is 15.2 Å². The number of ether oxygens (including phenoxy) is 1. The number of hydrogen-bond donors (Lipinski definition) is 2. The Kier molecular flexibility index (Phi) is 5.97. The summed E-state index contributed by atoms with van der Waals surface area (Å²) in [4.78, 5) is 22.5. The van der Waals surface area contributed by atoms with E-state index >= 15 is 0 Å². The Morgan fingerprint density at radius 1 is 1.06 bits per heavy atom. The van der Waals surface area contributed by atoms with Crippen molar-refractivity contribution in [2.75, 3.05) is 44.7 Å². The maximum atomic E-state index is 11.1. The van der Waals surface area contributed by atoms with Crippen LogP contribution in [-0.2, 0) is 4.74 Å². The zero-order valence-electron chi connectivity index (χ0n) is 18.0. The first-order valence-corrected chi connectivity index (χ1v) is 10.9. The van der Waals surface area contributed by atoms with Crippen LogP contribution in [0.1, 0.15) is 10.4 Å². The number of benzene rings is 2. The normalized spacial score (nSPS) is 14.4. The van der Waals surface area contributed by atoms with E-state index in [0.29, 0.717) is 11.5 Å². The van der Waals surface area contributed by atoms with Crippen LogP contribution >= 0.6 is 0 Å². The maximum Gasteiger partial charge on any atom is 0.335 e. The predicted molar refractivity (Wildman–Crippen MR) is 125 cm³/mol. The summed E-state index contributed by atoms with van der Waals surface area (Å²) in [7, 11) is 0. The van der Waals surface area contributed by atoms with Gasteiger partial charge in [-0.15, -0.1) is 0 Å². The smallest absolute Gasteiger partial charge is 0.335 e. The number of nitrogens with one attached hydrogen (secondary N) is 1. The largest absolute Gasteiger partial charge is 0.478 e. The third-order valence-electron chi connectivity index (χ3n) is 5.70. The van der Waals surface area contributed by atoms with E-state index < -0.39 is 5.97 Å². The second kappa shape index (κ2) is 9.35. The van der Waals surface area contributed by atoms with Crippen molar-refractivity contribution in [2.45, 2.75) is 0 Å². The summed E-state index contributed by atoms with van der Waals surface area (Å²) in [6.07, 6.45) is 5.13. The number of fused-ring (bicyclic) bond motifs is 1. The lowest BCUT2D eigenvalue weighted by Crippen LogP contribution is -2.38. The van der Waals surface area contributed by atoms with Crippen molar-refractivity contribution >= 4 is 22.6 Å². The first-order valence-electron chi connectivity index (χ1n) is 10.9. The van der Waals surface area contributed by atoms with Crippen LogP contribution in [0.3, 0.4) is 0 Å². The summed E-state index contributed by atoms with van der Waals surface area (Å²) in [5, 5.41) is 18.1. The highest BCUT2D eigenvalue weighted by molar-refractivity contribution is 5.88. The summed E-state index contributed by atoms with van der Waals surface area (Å²) in [5.41, 5.74) is 3.61. The molecule has 0 aliphatic carbocycles. The van der Waals surface area contributed by atoms with Gasteiger partial charge in [-0.2, -0.15) is 5.10 Å². The first kappa shape index (κ1) is 21.0. The minimum absolute atomic E-state index is 0.231. The first-order chi connectivity index (χ1) is 16.2. The van der Waals surface area contributed by atoms with Crippen molar-refractivity contribution < 1.29 is 14.6 Å². The minimum Gasteiger partial charge on any atom is -0.478 e. The zero-order valence-corrected chi connectivity index (χ0v) is 18.0. The van der Waals surface area contributed by atoms with E-state index in [4.69, 9.17) is 14.8 Å². The van der Waals surface area contributed by atoms with Crippen LogP contribution < -0.4 is 5.32 Å². The van der Waals surface area contributed by atoms with Gasteiger partial charge in [-0.25, -0.2) is 14.5 Å². The molecule has 5 rings (SSSR count). The van der Waals surface area contributed by atoms with E-state index in [9.17, 15) is 4.79 Å². The van der Waals surface area contributed by atoms with E-state index in [0.717, 1.165) is 61.5 Å². The molecule has 2 N–H and O–H groups in total. The predicted octanol–water partition coefficient (Wildman–Crippen LogP) is 2.92. The highest BCUT2D eigenvalue weighted by atomic mass is 16.5. The standard InChI is InChI=1S/C24H24N6O3/c31-24(32)18-3-1-17(2-4-18)21-15-25-16-23(28-21)30-22-13-20(6-5-19(22)14-27-30)26-7-8-29-9-11-33-12-10-29/h1-6,13-16,26H,7-12H2,(H,31,32). The molecule has 1 fully saturated rings. The van der Waals surface area contributed by atoms with E-state index in [2.05, 4.69) is 32.4 Å². The van der Waals surface area contributed by atoms with E-state index in [1.165, 1.54) is 0 Å². The van der Waals surface area contributed by atoms with Crippen LogP contribution in [0.15, 0.2) is 61.1 Å². The lowest BCUT2D eigenvalue weighted by molar-refractivity contribution is 0.0398. The fourth-order valence-electron chi connectivity index (χ4n) is 3.87. The maximum absolute atomic E-state index is 11.1. The average Bonchev–Trinajstić information content (AvgIpc) is 3.28. The van der Waals surface area contributed by atoms with Gasteiger partial charge in [-0.3, -0.25) is 9.88 Å². The van der Waals surface area contributed by atoms with Crippen molar-refractivity contribution in [1.82, 2.24) is 24.6 Å². The molecule has 0 spiro atoms. The average molecular weight is 444 g/mol. The molecule has 1 aliphatic heterocycles. The summed E-state index contributed by atoms with van der Waals surface area (Å²) >= 11 is 0. The molecular weight excluding hydrogens is 420 g/mol. The molecule has 0 bridgehead atoms. The Balaban J connectivity index is 1.36. The van der Waals surface area contributed by atoms with Crippen molar-refractivity contribution in [2.24, 2.45) is 0 Å². The number of carbonyl (C=O) groups is 1. The molecule has 0 unspecified atom stereocenters. The highest BCUT2D eigenvalue weighted by Gasteiger charge is 2.12. The number of rotatable bonds is 7. The van der Waals surface area contributed by atoms with Crippen LogP contribution in [-0.4, -0.2) is 75.1 Å². The van der Waals surface area contributed by atoms with Crippen LogP contribution in [0.25, 0.3) is 28.0 Å². The van der Waals surface area contributed by atoms with Crippen molar-refractivity contribution in [3.8, 4) is 17.1 Å². The third kappa shape index (κ3) is 4.69. The molecule has 4 aromatic rings. The SMILES string of the molecule is O=C(O)c1ccc(-c2cncc(-n3ncc4ccc(NCCN5CCOCC5)cc43)n2)cc1. The molecule has 2 aromatic heterocycles. The highest BCUT2D eigenvalue weighted by Crippen LogP contribution is 2.23.